The van der Waals surface area contributed by atoms with E-state index in [4.69, 9.17) is 10.5 Å². The molecule has 0 spiro atoms. The number of benzene rings is 1. The third-order valence-electron chi connectivity index (χ3n) is 4.07. The van der Waals surface area contributed by atoms with Crippen molar-refractivity contribution in [3.63, 3.8) is 0 Å². The van der Waals surface area contributed by atoms with Crippen LogP contribution in [0.25, 0.3) is 0 Å². The summed E-state index contributed by atoms with van der Waals surface area (Å²) in [6.45, 7) is 6.06. The topological polar surface area (TPSA) is 55.6 Å². The number of carbonyl (C=O) groups is 1. The van der Waals surface area contributed by atoms with E-state index in [0.717, 1.165) is 25.1 Å². The molecule has 0 radical (unpaired) electrons. The van der Waals surface area contributed by atoms with Crippen LogP contribution >= 0.6 is 11.8 Å². The van der Waals surface area contributed by atoms with Crippen molar-refractivity contribution in [3.8, 4) is 5.75 Å². The lowest BCUT2D eigenvalue weighted by Crippen LogP contribution is -2.31. The van der Waals surface area contributed by atoms with Crippen LogP contribution in [0.3, 0.4) is 0 Å². The van der Waals surface area contributed by atoms with Gasteiger partial charge in [0.2, 0.25) is 5.12 Å². The number of unbranched alkanes of at least 4 members (excludes halogenated alkanes) is 1. The van der Waals surface area contributed by atoms with Crippen LogP contribution < -0.4 is 10.5 Å². The van der Waals surface area contributed by atoms with Crippen LogP contribution in [0.15, 0.2) is 18.2 Å². The maximum Gasteiger partial charge on any atom is 0.223 e. The highest BCUT2D eigenvalue weighted by molar-refractivity contribution is 8.14. The van der Waals surface area contributed by atoms with Crippen LogP contribution in [-0.2, 0) is 0 Å². The minimum atomic E-state index is 0.0773. The number of anilines is 1. The van der Waals surface area contributed by atoms with E-state index in [-0.39, 0.29) is 5.12 Å². The molecule has 0 aliphatic carbocycles. The zero-order chi connectivity index (χ0) is 16.5. The number of thioether (sulfide) groups is 1. The van der Waals surface area contributed by atoms with Crippen LogP contribution in [0.1, 0.15) is 49.4 Å². The molecule has 128 valence electrons. The number of nitrogens with two attached hydrogens (primary N) is 1. The average molecular weight is 337 g/mol. The second-order valence-electron chi connectivity index (χ2n) is 6.00. The predicted molar refractivity (Wildman–Crippen MR) is 98.3 cm³/mol. The number of likely N-dealkylation sites (tertiary alicyclic amines) is 1. The lowest BCUT2D eigenvalue weighted by molar-refractivity contribution is 0.108. The van der Waals surface area contributed by atoms with Crippen molar-refractivity contribution in [2.45, 2.75) is 39.0 Å². The molecule has 1 heterocycles. The number of hydrogen-bond acceptors (Lipinski definition) is 5. The summed E-state index contributed by atoms with van der Waals surface area (Å²) in [5.41, 5.74) is 7.09. The predicted octanol–water partition coefficient (Wildman–Crippen LogP) is 3.81. The summed E-state index contributed by atoms with van der Waals surface area (Å²) in [6.07, 6.45) is 5.95. The zero-order valence-corrected chi connectivity index (χ0v) is 14.9. The van der Waals surface area contributed by atoms with Crippen LogP contribution in [0, 0.1) is 0 Å². The molecule has 0 amide bonds. The Labute approximate surface area is 143 Å². The van der Waals surface area contributed by atoms with E-state index in [1.807, 2.05) is 0 Å². The first-order valence-corrected chi connectivity index (χ1v) is 9.61. The van der Waals surface area contributed by atoms with Crippen molar-refractivity contribution in [1.29, 1.82) is 0 Å². The highest BCUT2D eigenvalue weighted by atomic mass is 32.2. The van der Waals surface area contributed by atoms with Gasteiger partial charge in [-0.15, -0.1) is 0 Å². The van der Waals surface area contributed by atoms with E-state index < -0.39 is 0 Å². The van der Waals surface area contributed by atoms with Gasteiger partial charge in [-0.3, -0.25) is 4.79 Å². The van der Waals surface area contributed by atoms with E-state index in [1.54, 1.807) is 18.2 Å². The Kier molecular flexibility index (Phi) is 7.76. The minimum Gasteiger partial charge on any atom is -0.493 e. The fourth-order valence-corrected chi connectivity index (χ4v) is 3.54. The lowest BCUT2D eigenvalue weighted by Gasteiger charge is -2.25. The molecule has 0 saturated carbocycles. The maximum absolute atomic E-state index is 12.5. The van der Waals surface area contributed by atoms with Crippen molar-refractivity contribution in [2.75, 3.05) is 37.7 Å². The number of ether oxygens (including phenoxy) is 1. The maximum atomic E-state index is 12.5. The number of carbonyl (C=O) groups excluding carboxylic acids is 1. The molecule has 1 aromatic rings. The second kappa shape index (κ2) is 9.83. The molecule has 0 unspecified atom stereocenters. The van der Waals surface area contributed by atoms with Gasteiger partial charge in [-0.2, -0.15) is 0 Å². The van der Waals surface area contributed by atoms with E-state index >= 15 is 0 Å². The van der Waals surface area contributed by atoms with E-state index in [2.05, 4.69) is 11.8 Å². The first kappa shape index (κ1) is 18.1. The molecule has 2 N–H and O–H groups in total. The molecule has 1 aromatic carbocycles. The fourth-order valence-electron chi connectivity index (χ4n) is 2.68. The van der Waals surface area contributed by atoms with Crippen molar-refractivity contribution >= 4 is 22.6 Å². The van der Waals surface area contributed by atoms with Gasteiger partial charge in [0, 0.05) is 24.1 Å². The number of rotatable bonds is 8. The molecule has 0 aromatic heterocycles. The van der Waals surface area contributed by atoms with Gasteiger partial charge in [-0.05, 0) is 44.5 Å². The van der Waals surface area contributed by atoms with Crippen molar-refractivity contribution in [2.24, 2.45) is 0 Å². The molecule has 0 atom stereocenters. The largest absolute Gasteiger partial charge is 0.493 e. The minimum absolute atomic E-state index is 0.0773. The molecule has 1 fully saturated rings. The summed E-state index contributed by atoms with van der Waals surface area (Å²) >= 11 is 1.38. The highest BCUT2D eigenvalue weighted by Gasteiger charge is 2.15. The number of nitrogen functional groups attached to an aromatic ring is 1. The third kappa shape index (κ3) is 6.07. The van der Waals surface area contributed by atoms with Gasteiger partial charge in [0.15, 0.2) is 0 Å². The van der Waals surface area contributed by atoms with E-state index in [0.29, 0.717) is 23.6 Å². The fraction of sp³-hybridized carbons (Fsp3) is 0.611. The Morgan fingerprint density at radius 1 is 1.30 bits per heavy atom. The monoisotopic (exact) mass is 336 g/mol. The standard InChI is InChI=1S/C18H28N2O2S/c1-2-3-12-22-17-14-15(19)7-8-16(17)18(21)23-13-11-20-9-5-4-6-10-20/h7-8,14H,2-6,9-13,19H2,1H3. The van der Waals surface area contributed by atoms with Crippen LogP contribution in [0.5, 0.6) is 5.75 Å². The smallest absolute Gasteiger partial charge is 0.223 e. The van der Waals surface area contributed by atoms with Gasteiger partial charge >= 0.3 is 0 Å². The molecule has 1 saturated heterocycles. The Morgan fingerprint density at radius 3 is 2.83 bits per heavy atom. The van der Waals surface area contributed by atoms with Crippen LogP contribution in [0.2, 0.25) is 0 Å². The quantitative estimate of drug-likeness (QED) is 0.578. The van der Waals surface area contributed by atoms with Gasteiger partial charge in [-0.1, -0.05) is 31.5 Å². The molecular weight excluding hydrogens is 308 g/mol. The number of piperidine rings is 1. The first-order valence-electron chi connectivity index (χ1n) is 8.62. The van der Waals surface area contributed by atoms with Gasteiger partial charge in [0.05, 0.1) is 12.2 Å². The summed E-state index contributed by atoms with van der Waals surface area (Å²) in [5.74, 6) is 1.45. The van der Waals surface area contributed by atoms with Gasteiger partial charge in [0.25, 0.3) is 0 Å². The molecular formula is C18H28N2O2S. The molecule has 23 heavy (non-hydrogen) atoms. The normalized spacial score (nSPS) is 15.5. The summed E-state index contributed by atoms with van der Waals surface area (Å²) in [4.78, 5) is 14.9. The Bertz CT molecular complexity index is 502. The molecule has 1 aliphatic rings. The summed E-state index contributed by atoms with van der Waals surface area (Å²) < 4.78 is 5.75. The van der Waals surface area contributed by atoms with Crippen molar-refractivity contribution in [1.82, 2.24) is 4.90 Å². The Balaban J connectivity index is 1.87. The molecule has 0 bridgehead atoms. The van der Waals surface area contributed by atoms with Gasteiger partial charge in [-0.25, -0.2) is 0 Å². The Morgan fingerprint density at radius 2 is 2.09 bits per heavy atom. The van der Waals surface area contributed by atoms with E-state index in [9.17, 15) is 4.79 Å². The lowest BCUT2D eigenvalue weighted by atomic mass is 10.1. The van der Waals surface area contributed by atoms with Gasteiger partial charge < -0.3 is 15.4 Å². The summed E-state index contributed by atoms with van der Waals surface area (Å²) in [6, 6.07) is 5.31. The SMILES string of the molecule is CCCCOc1cc(N)ccc1C(=O)SCCN1CCCCC1. The first-order chi connectivity index (χ1) is 11.2. The van der Waals surface area contributed by atoms with Crippen LogP contribution in [-0.4, -0.2) is 42.0 Å². The molecule has 4 nitrogen and oxygen atoms in total. The zero-order valence-electron chi connectivity index (χ0n) is 14.1. The Hall–Kier alpha value is -1.20. The summed E-state index contributed by atoms with van der Waals surface area (Å²) in [7, 11) is 0. The average Bonchev–Trinajstić information content (AvgIpc) is 2.56. The number of hydrogen-bond donors (Lipinski definition) is 1. The molecule has 2 rings (SSSR count). The molecule has 1 aliphatic heterocycles. The van der Waals surface area contributed by atoms with E-state index in [1.165, 1.54) is 44.1 Å². The van der Waals surface area contributed by atoms with Crippen LogP contribution in [0.4, 0.5) is 5.69 Å². The second-order valence-corrected chi connectivity index (χ2v) is 7.06. The summed E-state index contributed by atoms with van der Waals surface area (Å²) in [5, 5.41) is 0.0773. The van der Waals surface area contributed by atoms with Crippen molar-refractivity contribution < 1.29 is 9.53 Å². The highest BCUT2D eigenvalue weighted by Crippen LogP contribution is 2.26. The van der Waals surface area contributed by atoms with Crippen molar-refractivity contribution in [3.05, 3.63) is 23.8 Å². The van der Waals surface area contributed by atoms with Gasteiger partial charge in [0.1, 0.15) is 5.75 Å². The molecule has 5 heteroatoms. The number of nitrogens with zero attached hydrogens (tertiary/aromatic N) is 1. The third-order valence-corrected chi connectivity index (χ3v) is 4.94.